The molecule has 1 atom stereocenters. The van der Waals surface area contributed by atoms with Gasteiger partial charge in [-0.25, -0.2) is 4.79 Å². The number of carbonyl (C=O) groups is 1. The van der Waals surface area contributed by atoms with Crippen LogP contribution in [0.3, 0.4) is 0 Å². The Morgan fingerprint density at radius 1 is 1.23 bits per heavy atom. The highest BCUT2D eigenvalue weighted by Crippen LogP contribution is 2.19. The Kier molecular flexibility index (Phi) is 5.89. The van der Waals surface area contributed by atoms with Crippen molar-refractivity contribution in [2.75, 3.05) is 18.5 Å². The molecular formula is C21H27N3O2. The van der Waals surface area contributed by atoms with Gasteiger partial charge in [0.25, 0.3) is 0 Å². The van der Waals surface area contributed by atoms with E-state index < -0.39 is 0 Å². The van der Waals surface area contributed by atoms with Gasteiger partial charge >= 0.3 is 6.03 Å². The summed E-state index contributed by atoms with van der Waals surface area (Å²) in [5, 5.41) is 3.02. The first kappa shape index (κ1) is 18.4. The number of urea groups is 1. The molecule has 2 amide bonds. The molecule has 1 saturated heterocycles. The molecule has 1 aromatic carbocycles. The fourth-order valence-electron chi connectivity index (χ4n) is 3.26. The third-order valence-electron chi connectivity index (χ3n) is 4.82. The van der Waals surface area contributed by atoms with E-state index in [1.807, 2.05) is 43.0 Å². The largest absolute Gasteiger partial charge is 0.376 e. The molecule has 1 fully saturated rings. The SMILES string of the molecule is Cc1ccc(NC(=O)N(Cc2ccccc2C)CC2CCCO2)c(C)n1. The molecule has 5 heteroatoms. The number of rotatable bonds is 5. The minimum absolute atomic E-state index is 0.113. The number of nitrogens with zero attached hydrogens (tertiary/aromatic N) is 2. The van der Waals surface area contributed by atoms with Crippen LogP contribution in [0.2, 0.25) is 0 Å². The first-order valence-corrected chi connectivity index (χ1v) is 9.19. The summed E-state index contributed by atoms with van der Waals surface area (Å²) in [5.41, 5.74) is 4.86. The number of aromatic nitrogens is 1. The Bertz CT molecular complexity index is 770. The zero-order valence-corrected chi connectivity index (χ0v) is 15.8. The number of hydrogen-bond acceptors (Lipinski definition) is 3. The topological polar surface area (TPSA) is 54.5 Å². The number of anilines is 1. The van der Waals surface area contributed by atoms with Crippen LogP contribution >= 0.6 is 0 Å². The van der Waals surface area contributed by atoms with E-state index in [2.05, 4.69) is 29.4 Å². The van der Waals surface area contributed by atoms with Crippen LogP contribution in [0.1, 0.15) is 35.4 Å². The summed E-state index contributed by atoms with van der Waals surface area (Å²) in [4.78, 5) is 19.3. The van der Waals surface area contributed by atoms with Crippen LogP contribution in [-0.4, -0.2) is 35.2 Å². The third kappa shape index (κ3) is 4.61. The number of hydrogen-bond donors (Lipinski definition) is 1. The van der Waals surface area contributed by atoms with Gasteiger partial charge in [0.05, 0.1) is 17.5 Å². The maximum Gasteiger partial charge on any atom is 0.322 e. The van der Waals surface area contributed by atoms with Gasteiger partial charge in [-0.1, -0.05) is 24.3 Å². The quantitative estimate of drug-likeness (QED) is 0.875. The van der Waals surface area contributed by atoms with E-state index in [0.717, 1.165) is 42.1 Å². The standard InChI is InChI=1S/C21H27N3O2/c1-15-7-4-5-8-18(15)13-24(14-19-9-6-12-26-19)21(25)23-20-11-10-16(2)22-17(20)3/h4-5,7-8,10-11,19H,6,9,12-14H2,1-3H3,(H,23,25). The molecule has 2 aromatic rings. The lowest BCUT2D eigenvalue weighted by Crippen LogP contribution is -2.40. The smallest absolute Gasteiger partial charge is 0.322 e. The molecule has 1 aromatic heterocycles. The van der Waals surface area contributed by atoms with Crippen molar-refractivity contribution >= 4 is 11.7 Å². The summed E-state index contributed by atoms with van der Waals surface area (Å²) < 4.78 is 5.76. The number of aryl methyl sites for hydroxylation is 3. The van der Waals surface area contributed by atoms with Crippen molar-refractivity contribution in [1.82, 2.24) is 9.88 Å². The molecule has 0 aliphatic carbocycles. The molecule has 0 saturated carbocycles. The maximum atomic E-state index is 13.0. The average Bonchev–Trinajstić information content (AvgIpc) is 3.12. The van der Waals surface area contributed by atoms with Crippen molar-refractivity contribution < 1.29 is 9.53 Å². The predicted octanol–water partition coefficient (Wildman–Crippen LogP) is 4.22. The molecule has 1 N–H and O–H groups in total. The van der Waals surface area contributed by atoms with Crippen molar-refractivity contribution in [3.63, 3.8) is 0 Å². The van der Waals surface area contributed by atoms with Crippen LogP contribution in [0, 0.1) is 20.8 Å². The predicted molar refractivity (Wildman–Crippen MR) is 103 cm³/mol. The summed E-state index contributed by atoms with van der Waals surface area (Å²) in [6, 6.07) is 11.9. The minimum atomic E-state index is -0.113. The van der Waals surface area contributed by atoms with E-state index in [4.69, 9.17) is 4.74 Å². The van der Waals surface area contributed by atoms with Crippen LogP contribution in [0.15, 0.2) is 36.4 Å². The molecule has 138 valence electrons. The molecule has 1 aliphatic rings. The van der Waals surface area contributed by atoms with Gasteiger partial charge in [-0.05, 0) is 56.9 Å². The number of pyridine rings is 1. The van der Waals surface area contributed by atoms with E-state index in [1.54, 1.807) is 0 Å². The Labute approximate surface area is 155 Å². The lowest BCUT2D eigenvalue weighted by molar-refractivity contribution is 0.0819. The van der Waals surface area contributed by atoms with Gasteiger partial charge in [-0.15, -0.1) is 0 Å². The van der Waals surface area contributed by atoms with Crippen molar-refractivity contribution in [2.45, 2.75) is 46.3 Å². The molecule has 0 bridgehead atoms. The van der Waals surface area contributed by atoms with E-state index >= 15 is 0 Å². The number of benzene rings is 1. The van der Waals surface area contributed by atoms with Gasteiger partial charge in [0.15, 0.2) is 0 Å². The first-order chi connectivity index (χ1) is 12.5. The minimum Gasteiger partial charge on any atom is -0.376 e. The summed E-state index contributed by atoms with van der Waals surface area (Å²) in [5.74, 6) is 0. The van der Waals surface area contributed by atoms with Crippen molar-refractivity contribution in [3.8, 4) is 0 Å². The number of amides is 2. The van der Waals surface area contributed by atoms with Crippen LogP contribution in [0.25, 0.3) is 0 Å². The molecule has 2 heterocycles. The summed E-state index contributed by atoms with van der Waals surface area (Å²) >= 11 is 0. The molecule has 0 spiro atoms. The van der Waals surface area contributed by atoms with Gasteiger partial charge in [0, 0.05) is 25.4 Å². The van der Waals surface area contributed by atoms with Crippen molar-refractivity contribution in [2.24, 2.45) is 0 Å². The molecular weight excluding hydrogens is 326 g/mol. The fourth-order valence-corrected chi connectivity index (χ4v) is 3.26. The Morgan fingerprint density at radius 3 is 2.73 bits per heavy atom. The van der Waals surface area contributed by atoms with E-state index in [9.17, 15) is 4.79 Å². The Balaban J connectivity index is 1.76. The highest BCUT2D eigenvalue weighted by Gasteiger charge is 2.23. The van der Waals surface area contributed by atoms with Crippen LogP contribution < -0.4 is 5.32 Å². The van der Waals surface area contributed by atoms with Gasteiger partial charge < -0.3 is 15.0 Å². The Morgan fingerprint density at radius 2 is 2.04 bits per heavy atom. The Hall–Kier alpha value is -2.40. The fraction of sp³-hybridized carbons (Fsp3) is 0.429. The van der Waals surface area contributed by atoms with Crippen LogP contribution in [0.5, 0.6) is 0 Å². The average molecular weight is 353 g/mol. The second-order valence-corrected chi connectivity index (χ2v) is 6.96. The van der Waals surface area contributed by atoms with Gasteiger partial charge in [0.2, 0.25) is 0 Å². The van der Waals surface area contributed by atoms with E-state index in [-0.39, 0.29) is 12.1 Å². The lowest BCUT2D eigenvalue weighted by atomic mass is 10.1. The zero-order valence-electron chi connectivity index (χ0n) is 15.8. The molecule has 3 rings (SSSR count). The first-order valence-electron chi connectivity index (χ1n) is 9.19. The van der Waals surface area contributed by atoms with Crippen LogP contribution in [-0.2, 0) is 11.3 Å². The van der Waals surface area contributed by atoms with Gasteiger partial charge in [0.1, 0.15) is 0 Å². The number of carbonyl (C=O) groups excluding carboxylic acids is 1. The highest BCUT2D eigenvalue weighted by atomic mass is 16.5. The number of ether oxygens (including phenoxy) is 1. The molecule has 0 radical (unpaired) electrons. The van der Waals surface area contributed by atoms with Gasteiger partial charge in [-0.3, -0.25) is 4.98 Å². The van der Waals surface area contributed by atoms with Crippen molar-refractivity contribution in [3.05, 3.63) is 58.9 Å². The molecule has 1 unspecified atom stereocenters. The van der Waals surface area contributed by atoms with Crippen LogP contribution in [0.4, 0.5) is 10.5 Å². The lowest BCUT2D eigenvalue weighted by Gasteiger charge is -2.26. The second-order valence-electron chi connectivity index (χ2n) is 6.96. The molecule has 5 nitrogen and oxygen atoms in total. The van der Waals surface area contributed by atoms with E-state index in [1.165, 1.54) is 5.56 Å². The normalized spacial score (nSPS) is 16.5. The summed E-state index contributed by atoms with van der Waals surface area (Å²) in [6.07, 6.45) is 2.18. The monoisotopic (exact) mass is 353 g/mol. The van der Waals surface area contributed by atoms with E-state index in [0.29, 0.717) is 13.1 Å². The highest BCUT2D eigenvalue weighted by molar-refractivity contribution is 5.89. The van der Waals surface area contributed by atoms with Crippen molar-refractivity contribution in [1.29, 1.82) is 0 Å². The second kappa shape index (κ2) is 8.32. The summed E-state index contributed by atoms with van der Waals surface area (Å²) in [7, 11) is 0. The maximum absolute atomic E-state index is 13.0. The van der Waals surface area contributed by atoms with Gasteiger partial charge in [-0.2, -0.15) is 0 Å². The zero-order chi connectivity index (χ0) is 18.5. The summed E-state index contributed by atoms with van der Waals surface area (Å²) in [6.45, 7) is 7.88. The number of nitrogens with one attached hydrogen (secondary N) is 1. The molecule has 1 aliphatic heterocycles. The third-order valence-corrected chi connectivity index (χ3v) is 4.82. The molecule has 26 heavy (non-hydrogen) atoms.